The number of esters is 1. The molecule has 3 aromatic rings. The van der Waals surface area contributed by atoms with Gasteiger partial charge in [-0.3, -0.25) is 4.79 Å². The maximum absolute atomic E-state index is 12.0. The highest BCUT2D eigenvalue weighted by atomic mass is 16.5. The number of methoxy groups -OCH3 is 1. The molecule has 0 aliphatic carbocycles. The molecule has 1 N–H and O–H groups in total. The van der Waals surface area contributed by atoms with Crippen molar-refractivity contribution in [2.75, 3.05) is 7.11 Å². The van der Waals surface area contributed by atoms with Crippen molar-refractivity contribution in [1.82, 2.24) is 15.0 Å². The Bertz CT molecular complexity index is 929. The third-order valence-corrected chi connectivity index (χ3v) is 3.58. The molecule has 1 heterocycles. The van der Waals surface area contributed by atoms with E-state index in [2.05, 4.69) is 20.2 Å². The van der Waals surface area contributed by atoms with E-state index < -0.39 is 5.97 Å². The fourth-order valence-electron chi connectivity index (χ4n) is 2.33. The summed E-state index contributed by atoms with van der Waals surface area (Å²) in [5.74, 6) is -0.657. The average Bonchev–Trinajstić information content (AvgIpc) is 3.04. The Balaban J connectivity index is 1.58. The lowest BCUT2D eigenvalue weighted by atomic mass is 10.1. The van der Waals surface area contributed by atoms with E-state index in [1.807, 2.05) is 24.3 Å². The monoisotopic (exact) mass is 336 g/mol. The molecule has 0 aliphatic heterocycles. The van der Waals surface area contributed by atoms with Gasteiger partial charge in [0.25, 0.3) is 5.91 Å². The summed E-state index contributed by atoms with van der Waals surface area (Å²) in [6.07, 6.45) is 3.13. The number of hydrogen-bond acceptors (Lipinski definition) is 5. The number of amides is 1. The minimum atomic E-state index is -0.399. The number of carbonyl (C=O) groups is 2. The number of para-hydroxylation sites is 2. The highest BCUT2D eigenvalue weighted by molar-refractivity contribution is 5.90. The predicted octanol–water partition coefficient (Wildman–Crippen LogP) is 1.97. The molecule has 0 unspecified atom stereocenters. The zero-order valence-corrected chi connectivity index (χ0v) is 13.5. The molecule has 0 fully saturated rings. The molecule has 0 spiro atoms. The van der Waals surface area contributed by atoms with E-state index in [0.29, 0.717) is 5.56 Å². The summed E-state index contributed by atoms with van der Waals surface area (Å²) < 4.78 is 6.39. The zero-order valence-electron chi connectivity index (χ0n) is 13.5. The van der Waals surface area contributed by atoms with Gasteiger partial charge < -0.3 is 9.30 Å². The number of nitrogens with zero attached hydrogens (tertiary/aromatic N) is 3. The van der Waals surface area contributed by atoms with Gasteiger partial charge in [-0.2, -0.15) is 5.10 Å². The van der Waals surface area contributed by atoms with Crippen LogP contribution in [0.2, 0.25) is 0 Å². The van der Waals surface area contributed by atoms with Crippen LogP contribution in [0.15, 0.2) is 60.0 Å². The Morgan fingerprint density at radius 3 is 2.72 bits per heavy atom. The Kier molecular flexibility index (Phi) is 4.84. The quantitative estimate of drug-likeness (QED) is 0.438. The van der Waals surface area contributed by atoms with Crippen molar-refractivity contribution in [1.29, 1.82) is 0 Å². The number of benzene rings is 2. The third-order valence-electron chi connectivity index (χ3n) is 3.58. The number of fused-ring (bicyclic) bond motifs is 1. The van der Waals surface area contributed by atoms with Crippen molar-refractivity contribution in [2.24, 2.45) is 5.10 Å². The molecular formula is C18H16N4O3. The summed E-state index contributed by atoms with van der Waals surface area (Å²) in [6, 6.07) is 14.3. The number of carbonyl (C=O) groups excluding carboxylic acids is 2. The second kappa shape index (κ2) is 7.39. The van der Waals surface area contributed by atoms with E-state index >= 15 is 0 Å². The third kappa shape index (κ3) is 3.89. The smallest absolute Gasteiger partial charge is 0.337 e. The first-order valence-electron chi connectivity index (χ1n) is 7.57. The standard InChI is InChI=1S/C18H16N4O3/c1-25-18(24)14-8-6-13(7-9-14)10-20-21-17(23)11-22-12-19-15-4-2-3-5-16(15)22/h2-10,12H,11H2,1H3,(H,21,23). The molecule has 25 heavy (non-hydrogen) atoms. The number of nitrogens with one attached hydrogen (secondary N) is 1. The lowest BCUT2D eigenvalue weighted by Gasteiger charge is -2.03. The molecule has 1 aromatic heterocycles. The first-order chi connectivity index (χ1) is 12.2. The molecule has 1 amide bonds. The fourth-order valence-corrected chi connectivity index (χ4v) is 2.33. The maximum atomic E-state index is 12.0. The van der Waals surface area contributed by atoms with Crippen LogP contribution in [-0.2, 0) is 16.1 Å². The van der Waals surface area contributed by atoms with Crippen LogP contribution in [0, 0.1) is 0 Å². The summed E-state index contributed by atoms with van der Waals surface area (Å²) in [7, 11) is 1.33. The maximum Gasteiger partial charge on any atom is 0.337 e. The van der Waals surface area contributed by atoms with Gasteiger partial charge >= 0.3 is 5.97 Å². The number of aromatic nitrogens is 2. The number of hydrazone groups is 1. The van der Waals surface area contributed by atoms with Crippen LogP contribution in [0.5, 0.6) is 0 Å². The van der Waals surface area contributed by atoms with Gasteiger partial charge in [-0.25, -0.2) is 15.2 Å². The summed E-state index contributed by atoms with van der Waals surface area (Å²) >= 11 is 0. The summed E-state index contributed by atoms with van der Waals surface area (Å²) in [4.78, 5) is 27.6. The fraction of sp³-hybridized carbons (Fsp3) is 0.111. The van der Waals surface area contributed by atoms with Crippen molar-refractivity contribution >= 4 is 29.1 Å². The van der Waals surface area contributed by atoms with Gasteiger partial charge in [0.1, 0.15) is 6.54 Å². The lowest BCUT2D eigenvalue weighted by Crippen LogP contribution is -2.22. The van der Waals surface area contributed by atoms with Crippen molar-refractivity contribution in [2.45, 2.75) is 6.54 Å². The Morgan fingerprint density at radius 1 is 1.20 bits per heavy atom. The largest absolute Gasteiger partial charge is 0.465 e. The molecule has 7 nitrogen and oxygen atoms in total. The van der Waals surface area contributed by atoms with Crippen LogP contribution in [0.1, 0.15) is 15.9 Å². The molecule has 0 saturated heterocycles. The van der Waals surface area contributed by atoms with Crippen LogP contribution in [0.3, 0.4) is 0 Å². The van der Waals surface area contributed by atoms with E-state index in [9.17, 15) is 9.59 Å². The molecule has 0 aliphatic rings. The first kappa shape index (κ1) is 16.4. The van der Waals surface area contributed by atoms with Crippen LogP contribution in [-0.4, -0.2) is 34.8 Å². The molecule has 0 atom stereocenters. The molecule has 3 rings (SSSR count). The SMILES string of the molecule is COC(=O)c1ccc(C=NNC(=O)Cn2cnc3ccccc32)cc1. The number of imidazole rings is 1. The second-order valence-corrected chi connectivity index (χ2v) is 5.27. The number of rotatable bonds is 5. The van der Waals surface area contributed by atoms with E-state index in [1.54, 1.807) is 35.2 Å². The van der Waals surface area contributed by atoms with Gasteiger partial charge in [0.15, 0.2) is 0 Å². The topological polar surface area (TPSA) is 85.6 Å². The number of ether oxygens (including phenoxy) is 1. The second-order valence-electron chi connectivity index (χ2n) is 5.27. The van der Waals surface area contributed by atoms with Crippen LogP contribution < -0.4 is 5.43 Å². The predicted molar refractivity (Wildman–Crippen MR) is 93.3 cm³/mol. The van der Waals surface area contributed by atoms with Gasteiger partial charge in [0, 0.05) is 0 Å². The van der Waals surface area contributed by atoms with Gasteiger partial charge in [-0.05, 0) is 29.8 Å². The van der Waals surface area contributed by atoms with Crippen molar-refractivity contribution in [3.05, 3.63) is 66.0 Å². The molecule has 0 bridgehead atoms. The van der Waals surface area contributed by atoms with Gasteiger partial charge in [-0.15, -0.1) is 0 Å². The van der Waals surface area contributed by atoms with Gasteiger partial charge in [0.2, 0.25) is 0 Å². The van der Waals surface area contributed by atoms with Crippen molar-refractivity contribution < 1.29 is 14.3 Å². The molecule has 7 heteroatoms. The summed E-state index contributed by atoms with van der Waals surface area (Å²) in [5.41, 5.74) is 5.40. The molecule has 2 aromatic carbocycles. The normalized spacial score (nSPS) is 10.9. The highest BCUT2D eigenvalue weighted by Crippen LogP contribution is 2.11. The molecule has 0 radical (unpaired) electrons. The van der Waals surface area contributed by atoms with Crippen LogP contribution >= 0.6 is 0 Å². The van der Waals surface area contributed by atoms with Gasteiger partial charge in [-0.1, -0.05) is 24.3 Å². The van der Waals surface area contributed by atoms with Crippen molar-refractivity contribution in [3.8, 4) is 0 Å². The zero-order chi connectivity index (χ0) is 17.6. The minimum Gasteiger partial charge on any atom is -0.465 e. The van der Waals surface area contributed by atoms with E-state index in [1.165, 1.54) is 13.3 Å². The molecule has 126 valence electrons. The Labute approximate surface area is 143 Å². The number of hydrogen-bond donors (Lipinski definition) is 1. The van der Waals surface area contributed by atoms with E-state index in [-0.39, 0.29) is 12.5 Å². The molecule has 0 saturated carbocycles. The lowest BCUT2D eigenvalue weighted by molar-refractivity contribution is -0.121. The van der Waals surface area contributed by atoms with Gasteiger partial charge in [0.05, 0.1) is 36.2 Å². The summed E-state index contributed by atoms with van der Waals surface area (Å²) in [6.45, 7) is 0.124. The highest BCUT2D eigenvalue weighted by Gasteiger charge is 2.06. The van der Waals surface area contributed by atoms with E-state index in [0.717, 1.165) is 16.6 Å². The van der Waals surface area contributed by atoms with Crippen molar-refractivity contribution in [3.63, 3.8) is 0 Å². The average molecular weight is 336 g/mol. The first-order valence-corrected chi connectivity index (χ1v) is 7.57. The Hall–Kier alpha value is -3.48. The van der Waals surface area contributed by atoms with Crippen LogP contribution in [0.4, 0.5) is 0 Å². The Morgan fingerprint density at radius 2 is 1.96 bits per heavy atom. The molecular weight excluding hydrogens is 320 g/mol. The van der Waals surface area contributed by atoms with Crippen LogP contribution in [0.25, 0.3) is 11.0 Å². The minimum absolute atomic E-state index is 0.124. The summed E-state index contributed by atoms with van der Waals surface area (Å²) in [5, 5.41) is 3.92. The van der Waals surface area contributed by atoms with E-state index in [4.69, 9.17) is 0 Å².